The van der Waals surface area contributed by atoms with Crippen LogP contribution in [0, 0.1) is 13.8 Å². The Bertz CT molecular complexity index is 401. The molecule has 0 aliphatic heterocycles. The highest BCUT2D eigenvalue weighted by Gasteiger charge is 2.15. The van der Waals surface area contributed by atoms with E-state index in [2.05, 4.69) is 75.2 Å². The number of aryl methyl sites for hydroxylation is 2. The Labute approximate surface area is 125 Å². The molecule has 1 rings (SSSR count). The van der Waals surface area contributed by atoms with Gasteiger partial charge in [-0.3, -0.25) is 0 Å². The first-order chi connectivity index (χ1) is 9.43. The topological polar surface area (TPSA) is 18.5 Å². The van der Waals surface area contributed by atoms with Gasteiger partial charge < -0.3 is 15.1 Å². The van der Waals surface area contributed by atoms with Crippen molar-refractivity contribution in [2.24, 2.45) is 0 Å². The molecular weight excluding hydrogens is 246 g/mol. The summed E-state index contributed by atoms with van der Waals surface area (Å²) in [7, 11) is 6.46. The van der Waals surface area contributed by atoms with Crippen LogP contribution in [-0.2, 0) is 0 Å². The smallest absolute Gasteiger partial charge is 0.0451 e. The lowest BCUT2D eigenvalue weighted by molar-refractivity contribution is 0.257. The number of rotatable bonds is 8. The Morgan fingerprint density at radius 1 is 1.10 bits per heavy atom. The van der Waals surface area contributed by atoms with Crippen molar-refractivity contribution in [3.63, 3.8) is 0 Å². The summed E-state index contributed by atoms with van der Waals surface area (Å²) in [5.74, 6) is 0. The number of nitrogens with one attached hydrogen (secondary N) is 1. The third kappa shape index (κ3) is 5.61. The minimum absolute atomic E-state index is 0.410. The molecule has 0 fully saturated rings. The molecule has 0 radical (unpaired) electrons. The van der Waals surface area contributed by atoms with Crippen molar-refractivity contribution in [2.75, 3.05) is 47.3 Å². The second-order valence-corrected chi connectivity index (χ2v) is 6.04. The van der Waals surface area contributed by atoms with Gasteiger partial charge in [0.1, 0.15) is 0 Å². The summed E-state index contributed by atoms with van der Waals surface area (Å²) in [6.07, 6.45) is 0. The van der Waals surface area contributed by atoms with Gasteiger partial charge in [-0.2, -0.15) is 0 Å². The van der Waals surface area contributed by atoms with Crippen LogP contribution < -0.4 is 5.32 Å². The van der Waals surface area contributed by atoms with E-state index in [-0.39, 0.29) is 0 Å². The molecule has 1 unspecified atom stereocenters. The number of nitrogens with zero attached hydrogens (tertiary/aromatic N) is 2. The fraction of sp³-hybridized carbons (Fsp3) is 0.647. The lowest BCUT2D eigenvalue weighted by Gasteiger charge is -2.27. The lowest BCUT2D eigenvalue weighted by atomic mass is 9.98. The number of hydrogen-bond donors (Lipinski definition) is 1. The van der Waals surface area contributed by atoms with E-state index in [9.17, 15) is 0 Å². The fourth-order valence-electron chi connectivity index (χ4n) is 2.51. The molecule has 1 N–H and O–H groups in total. The van der Waals surface area contributed by atoms with Crippen LogP contribution >= 0.6 is 0 Å². The van der Waals surface area contributed by atoms with Crippen molar-refractivity contribution in [3.8, 4) is 0 Å². The van der Waals surface area contributed by atoms with Gasteiger partial charge in [0.05, 0.1) is 0 Å². The van der Waals surface area contributed by atoms with Gasteiger partial charge in [0.25, 0.3) is 0 Å². The summed E-state index contributed by atoms with van der Waals surface area (Å²) in [6.45, 7) is 10.8. The molecule has 0 aliphatic rings. The molecule has 0 bridgehead atoms. The van der Waals surface area contributed by atoms with Gasteiger partial charge in [0.15, 0.2) is 0 Å². The van der Waals surface area contributed by atoms with E-state index in [1.54, 1.807) is 0 Å². The highest BCUT2D eigenvalue weighted by Crippen LogP contribution is 2.19. The molecule has 0 aliphatic carbocycles. The van der Waals surface area contributed by atoms with Crippen LogP contribution in [0.5, 0.6) is 0 Å². The number of benzene rings is 1. The monoisotopic (exact) mass is 277 g/mol. The van der Waals surface area contributed by atoms with Crippen LogP contribution in [0.25, 0.3) is 0 Å². The van der Waals surface area contributed by atoms with Gasteiger partial charge >= 0.3 is 0 Å². The van der Waals surface area contributed by atoms with E-state index < -0.39 is 0 Å². The predicted molar refractivity (Wildman–Crippen MR) is 88.4 cm³/mol. The minimum Gasteiger partial charge on any atom is -0.309 e. The Kier molecular flexibility index (Phi) is 7.20. The van der Waals surface area contributed by atoms with Crippen molar-refractivity contribution in [3.05, 3.63) is 34.9 Å². The SMILES string of the molecule is CCNC(CN(C)CCN(C)C)c1ccc(C)cc1C. The average molecular weight is 277 g/mol. The summed E-state index contributed by atoms with van der Waals surface area (Å²) < 4.78 is 0. The first-order valence-corrected chi connectivity index (χ1v) is 7.57. The Morgan fingerprint density at radius 3 is 2.35 bits per heavy atom. The predicted octanol–water partition coefficient (Wildman–Crippen LogP) is 2.45. The largest absolute Gasteiger partial charge is 0.309 e. The van der Waals surface area contributed by atoms with Gasteiger partial charge in [-0.15, -0.1) is 0 Å². The van der Waals surface area contributed by atoms with E-state index in [1.165, 1.54) is 16.7 Å². The van der Waals surface area contributed by atoms with Crippen LogP contribution in [-0.4, -0.2) is 57.1 Å². The molecule has 0 amide bonds. The Hall–Kier alpha value is -0.900. The zero-order valence-corrected chi connectivity index (χ0v) is 14.0. The first kappa shape index (κ1) is 17.2. The number of likely N-dealkylation sites (N-methyl/N-ethyl adjacent to an activating group) is 3. The second kappa shape index (κ2) is 8.40. The van der Waals surface area contributed by atoms with Crippen LogP contribution in [0.15, 0.2) is 18.2 Å². The maximum absolute atomic E-state index is 3.62. The molecular formula is C17H31N3. The van der Waals surface area contributed by atoms with Gasteiger partial charge in [0.2, 0.25) is 0 Å². The normalized spacial score (nSPS) is 13.2. The standard InChI is InChI=1S/C17H31N3/c1-7-18-17(13-20(6)11-10-19(4)5)16-9-8-14(2)12-15(16)3/h8-9,12,17-18H,7,10-11,13H2,1-6H3. The Balaban J connectivity index is 2.72. The zero-order valence-electron chi connectivity index (χ0n) is 14.0. The molecule has 1 atom stereocenters. The molecule has 0 spiro atoms. The van der Waals surface area contributed by atoms with Gasteiger partial charge in [-0.25, -0.2) is 0 Å². The summed E-state index contributed by atoms with van der Waals surface area (Å²) in [5, 5.41) is 3.62. The summed E-state index contributed by atoms with van der Waals surface area (Å²) in [6, 6.07) is 7.18. The molecule has 20 heavy (non-hydrogen) atoms. The second-order valence-electron chi connectivity index (χ2n) is 6.04. The summed E-state index contributed by atoms with van der Waals surface area (Å²) in [4.78, 5) is 4.64. The van der Waals surface area contributed by atoms with E-state index in [0.717, 1.165) is 26.2 Å². The van der Waals surface area contributed by atoms with Crippen molar-refractivity contribution in [2.45, 2.75) is 26.8 Å². The quantitative estimate of drug-likeness (QED) is 0.787. The number of hydrogen-bond acceptors (Lipinski definition) is 3. The first-order valence-electron chi connectivity index (χ1n) is 7.57. The van der Waals surface area contributed by atoms with Crippen LogP contribution in [0.1, 0.15) is 29.7 Å². The van der Waals surface area contributed by atoms with E-state index in [0.29, 0.717) is 6.04 Å². The van der Waals surface area contributed by atoms with Crippen molar-refractivity contribution >= 4 is 0 Å². The molecule has 114 valence electrons. The summed E-state index contributed by atoms with van der Waals surface area (Å²) in [5.41, 5.74) is 4.15. The molecule has 0 heterocycles. The molecule has 3 heteroatoms. The van der Waals surface area contributed by atoms with Gasteiger partial charge in [0, 0.05) is 25.7 Å². The molecule has 1 aromatic carbocycles. The molecule has 1 aromatic rings. The fourth-order valence-corrected chi connectivity index (χ4v) is 2.51. The molecule has 3 nitrogen and oxygen atoms in total. The highest BCUT2D eigenvalue weighted by molar-refractivity contribution is 5.33. The van der Waals surface area contributed by atoms with Crippen LogP contribution in [0.3, 0.4) is 0 Å². The van der Waals surface area contributed by atoms with E-state index >= 15 is 0 Å². The van der Waals surface area contributed by atoms with Gasteiger partial charge in [-0.1, -0.05) is 30.7 Å². The Morgan fingerprint density at radius 2 is 1.80 bits per heavy atom. The molecule has 0 aromatic heterocycles. The van der Waals surface area contributed by atoms with Crippen LogP contribution in [0.2, 0.25) is 0 Å². The third-order valence-corrected chi connectivity index (χ3v) is 3.67. The average Bonchev–Trinajstić information content (AvgIpc) is 2.36. The maximum Gasteiger partial charge on any atom is 0.0451 e. The third-order valence-electron chi connectivity index (χ3n) is 3.67. The minimum atomic E-state index is 0.410. The molecule has 0 saturated carbocycles. The van der Waals surface area contributed by atoms with Gasteiger partial charge in [-0.05, 0) is 52.7 Å². The lowest BCUT2D eigenvalue weighted by Crippen LogP contribution is -2.36. The summed E-state index contributed by atoms with van der Waals surface area (Å²) >= 11 is 0. The molecule has 0 saturated heterocycles. The zero-order chi connectivity index (χ0) is 15.1. The van der Waals surface area contributed by atoms with E-state index in [4.69, 9.17) is 0 Å². The maximum atomic E-state index is 3.62. The van der Waals surface area contributed by atoms with Crippen molar-refractivity contribution in [1.82, 2.24) is 15.1 Å². The highest BCUT2D eigenvalue weighted by atomic mass is 15.2. The van der Waals surface area contributed by atoms with Crippen LogP contribution in [0.4, 0.5) is 0 Å². The van der Waals surface area contributed by atoms with Crippen molar-refractivity contribution < 1.29 is 0 Å². The van der Waals surface area contributed by atoms with E-state index in [1.807, 2.05) is 0 Å². The van der Waals surface area contributed by atoms with Crippen molar-refractivity contribution in [1.29, 1.82) is 0 Å².